The van der Waals surface area contributed by atoms with Crippen LogP contribution in [0.5, 0.6) is 5.75 Å². The Kier molecular flexibility index (Phi) is 21.4. The summed E-state index contributed by atoms with van der Waals surface area (Å²) in [4.78, 5) is 38.2. The zero-order valence-corrected chi connectivity index (χ0v) is 50.2. The predicted octanol–water partition coefficient (Wildman–Crippen LogP) is 17.3. The van der Waals surface area contributed by atoms with E-state index in [1.165, 1.54) is 12.1 Å². The quantitative estimate of drug-likeness (QED) is 0.0512. The molecule has 9 aromatic carbocycles. The maximum Gasteiger partial charge on any atom is 0.259 e. The van der Waals surface area contributed by atoms with Crippen LogP contribution in [0.2, 0.25) is 15.1 Å². The lowest BCUT2D eigenvalue weighted by Gasteiger charge is -2.16. The molecular weight excluding hydrogens is 1150 g/mol. The standard InChI is InChI=1S/C23H18ClFN2O2.C23H20ClN3O.C23H19ClN2OS/c1-13-6-8-15(9-7-13)18(12-26)17-10-14(2)21(11-19(17)24)27-23(29)16-4-3-5-20(25)22(16)28;1-14-7-9-16(10-8-14)19(13-25)18-11-15(2)22(12-20(18)24)27-23(28)17-5-3-4-6-21(17)26;1-14-7-9-16(10-8-14)19(13-25)18-11-15(2)21(12-20(18)24)26-23(27)17-5-3-4-6-22(17)28/h3-11,18,28H,1-2H3,(H,27,29);3-12,19H,26H2,1-2H3,(H,27,28);3-12,19,28H,1-2H3,(H,26,27). The molecule has 85 heavy (non-hydrogen) atoms. The van der Waals surface area contributed by atoms with Crippen LogP contribution in [0.1, 0.15) is 116 Å². The zero-order valence-electron chi connectivity index (χ0n) is 47.0. The molecule has 426 valence electrons. The number of phenols is 1. The summed E-state index contributed by atoms with van der Waals surface area (Å²) in [6, 6.07) is 58.3. The van der Waals surface area contributed by atoms with Crippen LogP contribution in [0.3, 0.4) is 0 Å². The molecule has 3 unspecified atom stereocenters. The zero-order chi connectivity index (χ0) is 61.6. The lowest BCUT2D eigenvalue weighted by atomic mass is 9.90. The first kappa shape index (κ1) is 63.2. The van der Waals surface area contributed by atoms with E-state index in [1.807, 2.05) is 126 Å². The number of thiol groups is 1. The number of para-hydroxylation sites is 2. The summed E-state index contributed by atoms with van der Waals surface area (Å²) in [6.07, 6.45) is 0. The van der Waals surface area contributed by atoms with Gasteiger partial charge in [-0.15, -0.1) is 12.6 Å². The number of carbonyl (C=O) groups excluding carboxylic acids is 3. The molecule has 0 saturated heterocycles. The van der Waals surface area contributed by atoms with Gasteiger partial charge in [-0.3, -0.25) is 14.4 Å². The summed E-state index contributed by atoms with van der Waals surface area (Å²) in [6.45, 7) is 11.5. The van der Waals surface area contributed by atoms with Crippen molar-refractivity contribution in [3.63, 3.8) is 0 Å². The molecule has 0 bridgehead atoms. The van der Waals surface area contributed by atoms with Crippen molar-refractivity contribution < 1.29 is 23.9 Å². The van der Waals surface area contributed by atoms with Crippen LogP contribution >= 0.6 is 47.4 Å². The van der Waals surface area contributed by atoms with Gasteiger partial charge >= 0.3 is 0 Å². The number of aromatic hydroxyl groups is 1. The van der Waals surface area contributed by atoms with E-state index in [2.05, 4.69) is 46.8 Å². The van der Waals surface area contributed by atoms with Gasteiger partial charge in [-0.1, -0.05) is 173 Å². The molecule has 9 aromatic rings. The summed E-state index contributed by atoms with van der Waals surface area (Å²) < 4.78 is 13.5. The number of phenolic OH excluding ortho intramolecular Hbond substituents is 1. The molecule has 0 aliphatic rings. The number of nitrogens with zero attached hydrogens (tertiary/aromatic N) is 3. The summed E-state index contributed by atoms with van der Waals surface area (Å²) >= 11 is 23.7. The second kappa shape index (κ2) is 28.7. The highest BCUT2D eigenvalue weighted by atomic mass is 35.5. The number of benzene rings is 9. The SMILES string of the molecule is Cc1ccc(C(C#N)c2cc(C)c(NC(=O)c3cccc(F)c3O)cc2Cl)cc1.Cc1ccc(C(C#N)c2cc(C)c(NC(=O)c3ccccc3N)cc2Cl)cc1.Cc1ccc(C(C#N)c2cc(C)c(NC(=O)c3ccccc3S)cc2Cl)cc1. The van der Waals surface area contributed by atoms with E-state index in [1.54, 1.807) is 73.7 Å². The van der Waals surface area contributed by atoms with Gasteiger partial charge in [-0.2, -0.15) is 15.8 Å². The van der Waals surface area contributed by atoms with Gasteiger partial charge in [0.2, 0.25) is 0 Å². The van der Waals surface area contributed by atoms with Crippen LogP contribution in [-0.2, 0) is 0 Å². The smallest absolute Gasteiger partial charge is 0.259 e. The fourth-order valence-electron chi connectivity index (χ4n) is 9.06. The normalized spacial score (nSPS) is 11.5. The molecule has 0 aliphatic heterocycles. The number of nitrogens with one attached hydrogen (secondary N) is 3. The first-order valence-corrected chi connectivity index (χ1v) is 28.0. The van der Waals surface area contributed by atoms with E-state index in [4.69, 9.17) is 40.5 Å². The molecule has 0 spiro atoms. The molecule has 0 radical (unpaired) electrons. The van der Waals surface area contributed by atoms with Gasteiger partial charge in [-0.25, -0.2) is 4.39 Å². The Labute approximate surface area is 514 Å². The van der Waals surface area contributed by atoms with Gasteiger partial charge in [0.05, 0.1) is 52.7 Å². The first-order chi connectivity index (χ1) is 40.6. The van der Waals surface area contributed by atoms with Crippen molar-refractivity contribution in [2.75, 3.05) is 21.7 Å². The molecule has 0 saturated carbocycles. The second-order valence-corrected chi connectivity index (χ2v) is 21.8. The van der Waals surface area contributed by atoms with Crippen molar-refractivity contribution in [3.05, 3.63) is 280 Å². The molecule has 11 nitrogen and oxygen atoms in total. The molecule has 6 N–H and O–H groups in total. The average Bonchev–Trinajstić information content (AvgIpc) is 3.33. The van der Waals surface area contributed by atoms with Crippen LogP contribution in [-0.4, -0.2) is 22.8 Å². The number of hydrogen-bond acceptors (Lipinski definition) is 9. The van der Waals surface area contributed by atoms with E-state index in [-0.39, 0.29) is 17.4 Å². The Morgan fingerprint density at radius 1 is 0.471 bits per heavy atom. The number of halogens is 4. The highest BCUT2D eigenvalue weighted by Gasteiger charge is 2.24. The summed E-state index contributed by atoms with van der Waals surface area (Å²) in [5, 5.41) is 48.5. The van der Waals surface area contributed by atoms with Crippen LogP contribution in [0.25, 0.3) is 0 Å². The average molecular weight is 1210 g/mol. The van der Waals surface area contributed by atoms with Crippen LogP contribution < -0.4 is 21.7 Å². The van der Waals surface area contributed by atoms with Crippen molar-refractivity contribution in [1.82, 2.24) is 0 Å². The number of hydrogen-bond donors (Lipinski definition) is 6. The molecule has 3 amide bonds. The molecule has 0 aliphatic carbocycles. The van der Waals surface area contributed by atoms with Crippen molar-refractivity contribution in [2.24, 2.45) is 0 Å². The fraction of sp³-hybridized carbons (Fsp3) is 0.130. The number of aryl methyl sites for hydroxylation is 6. The minimum absolute atomic E-state index is 0.181. The Bertz CT molecular complexity index is 3930. The minimum atomic E-state index is -0.877. The molecular formula is C69H57Cl3FN7O4S. The van der Waals surface area contributed by atoms with Crippen molar-refractivity contribution in [2.45, 2.75) is 64.2 Å². The number of nitrogens with two attached hydrogens (primary N) is 1. The first-order valence-electron chi connectivity index (χ1n) is 26.5. The highest BCUT2D eigenvalue weighted by molar-refractivity contribution is 7.80. The Balaban J connectivity index is 0.000000183. The molecule has 16 heteroatoms. The number of anilines is 4. The topological polar surface area (TPSA) is 205 Å². The van der Waals surface area contributed by atoms with Crippen LogP contribution in [0, 0.1) is 81.4 Å². The van der Waals surface area contributed by atoms with Gasteiger partial charge in [0.1, 0.15) is 0 Å². The minimum Gasteiger partial charge on any atom is -0.504 e. The van der Waals surface area contributed by atoms with Crippen LogP contribution in [0.15, 0.2) is 181 Å². The summed E-state index contributed by atoms with van der Waals surface area (Å²) in [5.41, 5.74) is 18.9. The fourth-order valence-corrected chi connectivity index (χ4v) is 10.1. The van der Waals surface area contributed by atoms with Gasteiger partial charge in [0, 0.05) is 42.7 Å². The Hall–Kier alpha value is -9.39. The van der Waals surface area contributed by atoms with E-state index in [9.17, 15) is 39.7 Å². The lowest BCUT2D eigenvalue weighted by Crippen LogP contribution is -2.15. The largest absolute Gasteiger partial charge is 0.504 e. The third-order valence-electron chi connectivity index (χ3n) is 13.9. The van der Waals surface area contributed by atoms with Crippen molar-refractivity contribution >= 4 is 87.9 Å². The number of nitriles is 3. The number of nitrogen functional groups attached to an aromatic ring is 1. The van der Waals surface area contributed by atoms with Crippen molar-refractivity contribution in [1.29, 1.82) is 15.8 Å². The van der Waals surface area contributed by atoms with E-state index in [0.717, 1.165) is 56.1 Å². The third kappa shape index (κ3) is 15.6. The highest BCUT2D eigenvalue weighted by Crippen LogP contribution is 2.38. The molecule has 3 atom stereocenters. The lowest BCUT2D eigenvalue weighted by molar-refractivity contribution is 0.101. The van der Waals surface area contributed by atoms with E-state index >= 15 is 0 Å². The maximum absolute atomic E-state index is 13.5. The second-order valence-electron chi connectivity index (χ2n) is 20.1. The maximum atomic E-state index is 13.5. The summed E-state index contributed by atoms with van der Waals surface area (Å²) in [7, 11) is 0. The van der Waals surface area contributed by atoms with E-state index in [0.29, 0.717) is 70.5 Å². The Morgan fingerprint density at radius 3 is 1.14 bits per heavy atom. The number of amides is 3. The van der Waals surface area contributed by atoms with Crippen LogP contribution in [0.4, 0.5) is 27.1 Å². The van der Waals surface area contributed by atoms with Gasteiger partial charge in [-0.05, 0) is 146 Å². The van der Waals surface area contributed by atoms with Crippen molar-refractivity contribution in [3.8, 4) is 24.0 Å². The summed E-state index contributed by atoms with van der Waals surface area (Å²) in [5.74, 6) is -4.33. The molecule has 0 heterocycles. The molecule has 0 aromatic heterocycles. The molecule has 9 rings (SSSR count). The molecule has 0 fully saturated rings. The third-order valence-corrected chi connectivity index (χ3v) is 15.3. The van der Waals surface area contributed by atoms with Gasteiger partial charge < -0.3 is 26.8 Å². The van der Waals surface area contributed by atoms with Gasteiger partial charge in [0.15, 0.2) is 11.6 Å². The monoisotopic (exact) mass is 1200 g/mol. The van der Waals surface area contributed by atoms with E-state index < -0.39 is 35.2 Å². The van der Waals surface area contributed by atoms with Gasteiger partial charge in [0.25, 0.3) is 17.7 Å². The number of rotatable bonds is 12. The number of carbonyl (C=O) groups is 3. The Morgan fingerprint density at radius 2 is 0.788 bits per heavy atom. The predicted molar refractivity (Wildman–Crippen MR) is 341 cm³/mol.